The Labute approximate surface area is 165 Å². The monoisotopic (exact) mass is 393 g/mol. The third kappa shape index (κ3) is 3.85. The maximum absolute atomic E-state index is 13.2. The summed E-state index contributed by atoms with van der Waals surface area (Å²) in [4.78, 5) is 27.1. The van der Waals surface area contributed by atoms with E-state index in [1.807, 2.05) is 12.1 Å². The highest BCUT2D eigenvalue weighted by Crippen LogP contribution is 2.18. The van der Waals surface area contributed by atoms with Gasteiger partial charge in [-0.2, -0.15) is 0 Å². The first-order valence-electron chi connectivity index (χ1n) is 8.69. The Bertz CT molecular complexity index is 1160. The van der Waals surface area contributed by atoms with Crippen LogP contribution in [-0.2, 0) is 13.1 Å². The number of hydrogen-bond acceptors (Lipinski definition) is 4. The lowest BCUT2D eigenvalue weighted by Gasteiger charge is -2.21. The van der Waals surface area contributed by atoms with Gasteiger partial charge in [-0.1, -0.05) is 35.9 Å². The zero-order valence-corrected chi connectivity index (χ0v) is 15.6. The summed E-state index contributed by atoms with van der Waals surface area (Å²) in [7, 11) is 0. The van der Waals surface area contributed by atoms with Gasteiger partial charge >= 0.3 is 0 Å². The van der Waals surface area contributed by atoms with Gasteiger partial charge in [-0.3, -0.25) is 9.59 Å². The van der Waals surface area contributed by atoms with Gasteiger partial charge in [-0.05, 0) is 42.0 Å². The van der Waals surface area contributed by atoms with Crippen molar-refractivity contribution in [2.75, 3.05) is 0 Å². The van der Waals surface area contributed by atoms with Crippen molar-refractivity contribution in [2.24, 2.45) is 0 Å². The van der Waals surface area contributed by atoms with Crippen LogP contribution in [0, 0.1) is 0 Å². The van der Waals surface area contributed by atoms with Crippen LogP contribution >= 0.6 is 11.6 Å². The number of para-hydroxylation sites is 1. The molecule has 2 aromatic carbocycles. The molecule has 0 unspecified atom stereocenters. The number of benzene rings is 2. The molecule has 140 valence electrons. The second-order valence-electron chi connectivity index (χ2n) is 6.34. The van der Waals surface area contributed by atoms with Crippen molar-refractivity contribution in [3.63, 3.8) is 0 Å². The van der Waals surface area contributed by atoms with E-state index in [0.29, 0.717) is 28.3 Å². The summed E-state index contributed by atoms with van der Waals surface area (Å²) in [5.41, 5.74) is 1.02. The first-order chi connectivity index (χ1) is 13.6. The highest BCUT2D eigenvalue weighted by atomic mass is 35.5. The number of nitrogens with zero attached hydrogens (tertiary/aromatic N) is 1. The summed E-state index contributed by atoms with van der Waals surface area (Å²) in [5, 5.41) is 1.06. The predicted octanol–water partition coefficient (Wildman–Crippen LogP) is 4.88. The highest BCUT2D eigenvalue weighted by molar-refractivity contribution is 6.30. The summed E-state index contributed by atoms with van der Waals surface area (Å²) in [6.45, 7) is 0.554. The van der Waals surface area contributed by atoms with Crippen LogP contribution in [0.4, 0.5) is 0 Å². The average molecular weight is 394 g/mol. The lowest BCUT2D eigenvalue weighted by molar-refractivity contribution is 0.0686. The Morgan fingerprint density at radius 1 is 0.964 bits per heavy atom. The molecule has 0 atom stereocenters. The van der Waals surface area contributed by atoms with E-state index in [1.165, 1.54) is 6.07 Å². The van der Waals surface area contributed by atoms with Gasteiger partial charge in [0.15, 0.2) is 11.2 Å². The summed E-state index contributed by atoms with van der Waals surface area (Å²) in [5.74, 6) is 0.226. The van der Waals surface area contributed by atoms with Crippen molar-refractivity contribution in [2.45, 2.75) is 13.1 Å². The van der Waals surface area contributed by atoms with Crippen LogP contribution in [0.15, 0.2) is 86.6 Å². The fourth-order valence-corrected chi connectivity index (χ4v) is 3.09. The summed E-state index contributed by atoms with van der Waals surface area (Å²) < 4.78 is 11.1. The molecular formula is C22H16ClNO4. The second-order valence-corrected chi connectivity index (χ2v) is 6.77. The molecule has 0 aliphatic heterocycles. The van der Waals surface area contributed by atoms with Crippen LogP contribution in [0.2, 0.25) is 5.02 Å². The van der Waals surface area contributed by atoms with Crippen molar-refractivity contribution >= 4 is 28.5 Å². The summed E-state index contributed by atoms with van der Waals surface area (Å²) >= 11 is 5.95. The van der Waals surface area contributed by atoms with Gasteiger partial charge < -0.3 is 13.7 Å². The highest BCUT2D eigenvalue weighted by Gasteiger charge is 2.21. The molecule has 4 rings (SSSR count). The number of rotatable bonds is 5. The Morgan fingerprint density at radius 2 is 1.75 bits per heavy atom. The van der Waals surface area contributed by atoms with E-state index < -0.39 is 5.91 Å². The zero-order valence-electron chi connectivity index (χ0n) is 14.8. The van der Waals surface area contributed by atoms with Gasteiger partial charge in [0.05, 0.1) is 18.2 Å². The number of hydrogen-bond donors (Lipinski definition) is 0. The van der Waals surface area contributed by atoms with Crippen LogP contribution in [0.5, 0.6) is 0 Å². The molecule has 0 fully saturated rings. The van der Waals surface area contributed by atoms with Crippen molar-refractivity contribution in [3.05, 3.63) is 105 Å². The molecule has 1 amide bonds. The number of amides is 1. The van der Waals surface area contributed by atoms with E-state index in [4.69, 9.17) is 20.4 Å². The Balaban J connectivity index is 1.69. The average Bonchev–Trinajstić information content (AvgIpc) is 3.22. The Morgan fingerprint density at radius 3 is 2.50 bits per heavy atom. The van der Waals surface area contributed by atoms with Gasteiger partial charge in [0, 0.05) is 17.6 Å². The minimum atomic E-state index is -0.394. The van der Waals surface area contributed by atoms with Gasteiger partial charge in [-0.25, -0.2) is 0 Å². The molecule has 0 aliphatic rings. The van der Waals surface area contributed by atoms with Crippen LogP contribution in [0.25, 0.3) is 11.0 Å². The molecule has 2 aromatic heterocycles. The van der Waals surface area contributed by atoms with Gasteiger partial charge in [-0.15, -0.1) is 0 Å². The number of fused-ring (bicyclic) bond motifs is 1. The van der Waals surface area contributed by atoms with E-state index >= 15 is 0 Å². The van der Waals surface area contributed by atoms with E-state index in [0.717, 1.165) is 5.56 Å². The van der Waals surface area contributed by atoms with E-state index in [2.05, 4.69) is 0 Å². The maximum atomic E-state index is 13.2. The molecule has 0 aliphatic carbocycles. The van der Waals surface area contributed by atoms with Crippen molar-refractivity contribution in [1.82, 2.24) is 4.90 Å². The molecule has 5 nitrogen and oxygen atoms in total. The lowest BCUT2D eigenvalue weighted by Crippen LogP contribution is -2.30. The van der Waals surface area contributed by atoms with Crippen LogP contribution < -0.4 is 5.43 Å². The number of furan rings is 1. The molecule has 2 heterocycles. The molecule has 4 aromatic rings. The number of halogens is 1. The molecule has 0 N–H and O–H groups in total. The molecule has 0 spiro atoms. The SMILES string of the molecule is O=C(c1cc(=O)c2ccccc2o1)N(Cc1ccc(Cl)cc1)Cc1ccco1. The normalized spacial score (nSPS) is 10.9. The molecule has 0 saturated carbocycles. The topological polar surface area (TPSA) is 63.7 Å². The summed E-state index contributed by atoms with van der Waals surface area (Å²) in [6, 6.07) is 18.9. The smallest absolute Gasteiger partial charge is 0.290 e. The number of carbonyl (C=O) groups excluding carboxylic acids is 1. The largest absolute Gasteiger partial charge is 0.467 e. The van der Waals surface area contributed by atoms with Gasteiger partial charge in [0.1, 0.15) is 11.3 Å². The molecule has 0 saturated heterocycles. The van der Waals surface area contributed by atoms with Crippen LogP contribution in [0.3, 0.4) is 0 Å². The quantitative estimate of drug-likeness (QED) is 0.484. The second kappa shape index (κ2) is 7.74. The van der Waals surface area contributed by atoms with E-state index in [1.54, 1.807) is 59.7 Å². The minimum absolute atomic E-state index is 0.00998. The molecule has 0 bridgehead atoms. The first-order valence-corrected chi connectivity index (χ1v) is 9.07. The van der Waals surface area contributed by atoms with Gasteiger partial charge in [0.25, 0.3) is 5.91 Å². The maximum Gasteiger partial charge on any atom is 0.290 e. The van der Waals surface area contributed by atoms with Crippen molar-refractivity contribution < 1.29 is 13.6 Å². The lowest BCUT2D eigenvalue weighted by atomic mass is 10.2. The van der Waals surface area contributed by atoms with Crippen molar-refractivity contribution in [3.8, 4) is 0 Å². The predicted molar refractivity (Wildman–Crippen MR) is 106 cm³/mol. The minimum Gasteiger partial charge on any atom is -0.467 e. The molecular weight excluding hydrogens is 378 g/mol. The fourth-order valence-electron chi connectivity index (χ4n) is 2.97. The third-order valence-corrected chi connectivity index (χ3v) is 4.60. The van der Waals surface area contributed by atoms with Crippen molar-refractivity contribution in [1.29, 1.82) is 0 Å². The Hall–Kier alpha value is -3.31. The zero-order chi connectivity index (χ0) is 19.5. The summed E-state index contributed by atoms with van der Waals surface area (Å²) in [6.07, 6.45) is 1.55. The van der Waals surface area contributed by atoms with Crippen LogP contribution in [0.1, 0.15) is 21.9 Å². The van der Waals surface area contributed by atoms with Gasteiger partial charge in [0.2, 0.25) is 0 Å². The number of carbonyl (C=O) groups is 1. The van der Waals surface area contributed by atoms with Crippen LogP contribution in [-0.4, -0.2) is 10.8 Å². The fraction of sp³-hybridized carbons (Fsp3) is 0.0909. The molecule has 28 heavy (non-hydrogen) atoms. The van der Waals surface area contributed by atoms with E-state index in [9.17, 15) is 9.59 Å². The third-order valence-electron chi connectivity index (χ3n) is 4.35. The molecule has 0 radical (unpaired) electrons. The standard InChI is InChI=1S/C22H16ClNO4/c23-16-9-7-15(8-10-16)13-24(14-17-4-3-11-27-17)22(26)21-12-19(25)18-5-1-2-6-20(18)28-21/h1-12H,13-14H2. The van der Waals surface area contributed by atoms with E-state index in [-0.39, 0.29) is 17.7 Å². The first kappa shape index (κ1) is 18.1. The Kier molecular flexibility index (Phi) is 5.00. The molecule has 6 heteroatoms.